The van der Waals surface area contributed by atoms with Gasteiger partial charge in [0.2, 0.25) is 5.91 Å². The third-order valence-electron chi connectivity index (χ3n) is 5.21. The van der Waals surface area contributed by atoms with Gasteiger partial charge < -0.3 is 14.5 Å². The first-order valence-corrected chi connectivity index (χ1v) is 12.1. The van der Waals surface area contributed by atoms with Crippen molar-refractivity contribution in [2.45, 2.75) is 18.7 Å². The second-order valence-corrected chi connectivity index (χ2v) is 9.59. The molecule has 0 N–H and O–H groups in total. The molecule has 0 saturated carbocycles. The zero-order chi connectivity index (χ0) is 23.3. The quantitative estimate of drug-likeness (QED) is 0.635. The van der Waals surface area contributed by atoms with Gasteiger partial charge in [0.25, 0.3) is 10.0 Å². The first-order chi connectivity index (χ1) is 15.2. The lowest BCUT2D eigenvalue weighted by Crippen LogP contribution is -2.53. The van der Waals surface area contributed by atoms with E-state index < -0.39 is 16.1 Å². The molecule has 0 spiro atoms. The van der Waals surface area contributed by atoms with Gasteiger partial charge >= 0.3 is 6.09 Å². The Hall–Kier alpha value is -2.78. The largest absolute Gasteiger partial charge is 0.450 e. The first-order valence-electron chi connectivity index (χ1n) is 10.3. The molecule has 2 amide bonds. The molecule has 0 radical (unpaired) electrons. The second-order valence-electron chi connectivity index (χ2n) is 7.32. The molecule has 10 heteroatoms. The molecule has 8 nitrogen and oxygen atoms in total. The Bertz CT molecular complexity index is 1070. The van der Waals surface area contributed by atoms with Gasteiger partial charge in [-0.1, -0.05) is 35.9 Å². The molecule has 172 valence electrons. The second kappa shape index (κ2) is 10.2. The molecule has 0 atom stereocenters. The maximum Gasteiger partial charge on any atom is 0.409 e. The van der Waals surface area contributed by atoms with E-state index in [0.717, 1.165) is 9.87 Å². The minimum Gasteiger partial charge on any atom is -0.450 e. The molecular formula is C22H26ClN3O5S. The van der Waals surface area contributed by atoms with Crippen LogP contribution in [0.5, 0.6) is 0 Å². The van der Waals surface area contributed by atoms with E-state index in [2.05, 4.69) is 0 Å². The molecule has 0 aromatic heterocycles. The summed E-state index contributed by atoms with van der Waals surface area (Å²) < 4.78 is 32.9. The lowest BCUT2D eigenvalue weighted by molar-refractivity contribution is -0.131. The maximum absolute atomic E-state index is 13.4. The van der Waals surface area contributed by atoms with Crippen molar-refractivity contribution in [2.24, 2.45) is 0 Å². The zero-order valence-corrected chi connectivity index (χ0v) is 19.6. The summed E-state index contributed by atoms with van der Waals surface area (Å²) in [6.07, 6.45) is -0.415. The average molecular weight is 480 g/mol. The van der Waals surface area contributed by atoms with Crippen molar-refractivity contribution in [3.8, 4) is 0 Å². The Morgan fingerprint density at radius 2 is 1.66 bits per heavy atom. The number of hydrogen-bond acceptors (Lipinski definition) is 5. The van der Waals surface area contributed by atoms with Crippen LogP contribution in [0.25, 0.3) is 0 Å². The van der Waals surface area contributed by atoms with Crippen molar-refractivity contribution < 1.29 is 22.7 Å². The van der Waals surface area contributed by atoms with Gasteiger partial charge in [-0.15, -0.1) is 0 Å². The minimum atomic E-state index is -4.01. The fourth-order valence-electron chi connectivity index (χ4n) is 3.35. The van der Waals surface area contributed by atoms with Crippen LogP contribution in [0.2, 0.25) is 5.02 Å². The number of benzene rings is 2. The molecule has 2 aromatic rings. The number of carbonyl (C=O) groups is 2. The summed E-state index contributed by atoms with van der Waals surface area (Å²) in [6.45, 7) is 4.70. The summed E-state index contributed by atoms with van der Waals surface area (Å²) in [4.78, 5) is 28.1. The van der Waals surface area contributed by atoms with Crippen LogP contribution in [0.15, 0.2) is 53.4 Å². The Morgan fingerprint density at radius 3 is 2.25 bits per heavy atom. The van der Waals surface area contributed by atoms with Crippen LogP contribution in [0.3, 0.4) is 0 Å². The molecule has 32 heavy (non-hydrogen) atoms. The Balaban J connectivity index is 1.83. The normalized spacial score (nSPS) is 14.2. The van der Waals surface area contributed by atoms with Crippen LogP contribution in [0.1, 0.15) is 12.5 Å². The van der Waals surface area contributed by atoms with Crippen molar-refractivity contribution >= 4 is 39.3 Å². The number of amides is 2. The van der Waals surface area contributed by atoms with E-state index in [9.17, 15) is 18.0 Å². The standard InChI is InChI=1S/C22H26ClN3O5S/c1-3-31-22(28)25-13-11-24(12-14-25)21(27)16-26(18-10-9-17(2)20(23)15-18)32(29,30)19-7-5-4-6-8-19/h4-10,15H,3,11-14,16H2,1-2H3. The monoisotopic (exact) mass is 479 g/mol. The number of sulfonamides is 1. The molecule has 1 aliphatic rings. The maximum atomic E-state index is 13.4. The highest BCUT2D eigenvalue weighted by molar-refractivity contribution is 7.92. The molecule has 0 bridgehead atoms. The summed E-state index contributed by atoms with van der Waals surface area (Å²) in [7, 11) is -4.01. The van der Waals surface area contributed by atoms with Crippen molar-refractivity contribution in [1.29, 1.82) is 0 Å². The molecule has 0 aliphatic carbocycles. The van der Waals surface area contributed by atoms with Gasteiger partial charge in [0.1, 0.15) is 6.54 Å². The molecule has 1 fully saturated rings. The highest BCUT2D eigenvalue weighted by Gasteiger charge is 2.31. The van der Waals surface area contributed by atoms with E-state index in [0.29, 0.717) is 36.9 Å². The van der Waals surface area contributed by atoms with E-state index in [1.54, 1.807) is 48.2 Å². The van der Waals surface area contributed by atoms with Gasteiger partial charge in [-0.05, 0) is 43.7 Å². The number of aryl methyl sites for hydroxylation is 1. The molecular weight excluding hydrogens is 454 g/mol. The van der Waals surface area contributed by atoms with Crippen LogP contribution < -0.4 is 4.31 Å². The van der Waals surface area contributed by atoms with E-state index in [1.807, 2.05) is 6.92 Å². The van der Waals surface area contributed by atoms with Crippen LogP contribution in [-0.2, 0) is 19.6 Å². The summed E-state index contributed by atoms with van der Waals surface area (Å²) in [5, 5.41) is 0.409. The Kier molecular flexibility index (Phi) is 7.63. The van der Waals surface area contributed by atoms with Crippen molar-refractivity contribution in [3.63, 3.8) is 0 Å². The van der Waals surface area contributed by atoms with Crippen LogP contribution >= 0.6 is 11.6 Å². The fraction of sp³-hybridized carbons (Fsp3) is 0.364. The van der Waals surface area contributed by atoms with E-state index >= 15 is 0 Å². The number of ether oxygens (including phenoxy) is 1. The lowest BCUT2D eigenvalue weighted by atomic mass is 10.2. The number of rotatable bonds is 6. The van der Waals surface area contributed by atoms with Crippen molar-refractivity contribution in [3.05, 3.63) is 59.1 Å². The van der Waals surface area contributed by atoms with Crippen LogP contribution in [0, 0.1) is 6.92 Å². The van der Waals surface area contributed by atoms with Crippen molar-refractivity contribution in [2.75, 3.05) is 43.6 Å². The van der Waals surface area contributed by atoms with Gasteiger partial charge in [0, 0.05) is 31.2 Å². The predicted molar refractivity (Wildman–Crippen MR) is 122 cm³/mol. The van der Waals surface area contributed by atoms with Crippen LogP contribution in [0.4, 0.5) is 10.5 Å². The van der Waals surface area contributed by atoms with Gasteiger partial charge in [-0.2, -0.15) is 0 Å². The van der Waals surface area contributed by atoms with E-state index in [-0.39, 0.29) is 24.0 Å². The topological polar surface area (TPSA) is 87.2 Å². The lowest BCUT2D eigenvalue weighted by Gasteiger charge is -2.35. The molecule has 0 unspecified atom stereocenters. The molecule has 3 rings (SSSR count). The van der Waals surface area contributed by atoms with Crippen molar-refractivity contribution in [1.82, 2.24) is 9.80 Å². The van der Waals surface area contributed by atoms with Crippen LogP contribution in [-0.4, -0.2) is 69.5 Å². The number of nitrogens with zero attached hydrogens (tertiary/aromatic N) is 3. The van der Waals surface area contributed by atoms with Gasteiger partial charge in [-0.3, -0.25) is 9.10 Å². The summed E-state index contributed by atoms with van der Waals surface area (Å²) in [5.41, 5.74) is 1.11. The number of carbonyl (C=O) groups excluding carboxylic acids is 2. The van der Waals surface area contributed by atoms with E-state index in [1.165, 1.54) is 17.0 Å². The third-order valence-corrected chi connectivity index (χ3v) is 7.41. The molecule has 1 aliphatic heterocycles. The summed E-state index contributed by atoms with van der Waals surface area (Å²) in [5.74, 6) is -0.357. The van der Waals surface area contributed by atoms with Gasteiger partial charge in [-0.25, -0.2) is 13.2 Å². The SMILES string of the molecule is CCOC(=O)N1CCN(C(=O)CN(c2ccc(C)c(Cl)c2)S(=O)(=O)c2ccccc2)CC1. The third kappa shape index (κ3) is 5.34. The summed E-state index contributed by atoms with van der Waals surface area (Å²) >= 11 is 6.24. The van der Waals surface area contributed by atoms with Gasteiger partial charge in [0.05, 0.1) is 17.2 Å². The van der Waals surface area contributed by atoms with E-state index in [4.69, 9.17) is 16.3 Å². The fourth-order valence-corrected chi connectivity index (χ4v) is 4.95. The number of hydrogen-bond donors (Lipinski definition) is 0. The predicted octanol–water partition coefficient (Wildman–Crippen LogP) is 3.14. The number of piperazine rings is 1. The number of halogens is 1. The smallest absolute Gasteiger partial charge is 0.409 e. The zero-order valence-electron chi connectivity index (χ0n) is 18.0. The number of anilines is 1. The molecule has 2 aromatic carbocycles. The average Bonchev–Trinajstić information content (AvgIpc) is 2.80. The minimum absolute atomic E-state index is 0.0802. The highest BCUT2D eigenvalue weighted by atomic mass is 35.5. The molecule has 1 saturated heterocycles. The molecule has 1 heterocycles. The Labute approximate surface area is 193 Å². The van der Waals surface area contributed by atoms with Gasteiger partial charge in [0.15, 0.2) is 0 Å². The highest BCUT2D eigenvalue weighted by Crippen LogP contribution is 2.28. The summed E-state index contributed by atoms with van der Waals surface area (Å²) in [6, 6.07) is 12.8. The first kappa shape index (κ1) is 23.9. The Morgan fingerprint density at radius 1 is 1.03 bits per heavy atom.